The fourth-order valence-corrected chi connectivity index (χ4v) is 6.19. The fraction of sp³-hybridized carbons (Fsp3) is 0.625. The van der Waals surface area contributed by atoms with Crippen molar-refractivity contribution in [2.75, 3.05) is 67.8 Å². The van der Waals surface area contributed by atoms with Crippen molar-refractivity contribution in [3.63, 3.8) is 0 Å². The van der Waals surface area contributed by atoms with Gasteiger partial charge >= 0.3 is 5.97 Å². The number of carbonyl (C=O) groups is 2. The highest BCUT2D eigenvalue weighted by Gasteiger charge is 2.47. The largest absolute Gasteiger partial charge is 0.493 e. The van der Waals surface area contributed by atoms with E-state index in [0.29, 0.717) is 49.7 Å². The first-order valence-electron chi connectivity index (χ1n) is 15.4. The van der Waals surface area contributed by atoms with Crippen LogP contribution < -0.4 is 14.2 Å². The summed E-state index contributed by atoms with van der Waals surface area (Å²) < 4.78 is 17.7. The summed E-state index contributed by atoms with van der Waals surface area (Å²) in [6.45, 7) is 5.30. The number of hydrogen-bond acceptors (Lipinski definition) is 8. The second-order valence-electron chi connectivity index (χ2n) is 12.6. The van der Waals surface area contributed by atoms with Crippen LogP contribution in [0.3, 0.4) is 0 Å². The van der Waals surface area contributed by atoms with E-state index >= 15 is 0 Å². The Morgan fingerprint density at radius 1 is 1.16 bits per heavy atom. The lowest BCUT2D eigenvalue weighted by Gasteiger charge is -2.30. The van der Waals surface area contributed by atoms with E-state index in [2.05, 4.69) is 42.9 Å². The van der Waals surface area contributed by atoms with Gasteiger partial charge in [-0.1, -0.05) is 13.3 Å². The molecule has 2 aromatic rings. The number of aromatic nitrogens is 2. The number of aliphatic carboxylic acids is 1. The number of unbranched alkanes of at least 4 members (excludes halogenated alkanes) is 2. The molecule has 3 heterocycles. The zero-order valence-electron chi connectivity index (χ0n) is 26.3. The smallest absolute Gasteiger partial charge is 0.308 e. The Balaban J connectivity index is 1.58. The average Bonchev–Trinajstić information content (AvgIpc) is 3.60. The zero-order chi connectivity index (χ0) is 31.0. The number of hydrogen-bond donors (Lipinski definition) is 1. The van der Waals surface area contributed by atoms with E-state index in [-0.39, 0.29) is 31.2 Å². The van der Waals surface area contributed by atoms with Gasteiger partial charge in [0, 0.05) is 43.5 Å². The fourth-order valence-electron chi connectivity index (χ4n) is 6.19. The van der Waals surface area contributed by atoms with Gasteiger partial charge in [0.15, 0.2) is 11.5 Å². The second kappa shape index (κ2) is 14.8. The summed E-state index contributed by atoms with van der Waals surface area (Å²) in [5.41, 5.74) is 1.65. The van der Waals surface area contributed by atoms with E-state index in [9.17, 15) is 14.7 Å². The van der Waals surface area contributed by atoms with Gasteiger partial charge in [-0.05, 0) is 55.9 Å². The Labute approximate surface area is 255 Å². The van der Waals surface area contributed by atoms with Crippen LogP contribution in [0.25, 0.3) is 0 Å². The maximum absolute atomic E-state index is 13.8. The van der Waals surface area contributed by atoms with Crippen molar-refractivity contribution in [1.29, 1.82) is 0 Å². The van der Waals surface area contributed by atoms with Crippen LogP contribution in [0.1, 0.15) is 56.2 Å². The SMILES string of the molecule is CCCCN(CCCC[N+](C)(C)C)C(=O)CN1C[C@H](c2cc(OC)c3c(c2)OCO3)C(C(=O)O)[C@@H]1CCc1ccncn1. The summed E-state index contributed by atoms with van der Waals surface area (Å²) in [7, 11) is 8.10. The number of nitrogens with zero attached hydrogens (tertiary/aromatic N) is 5. The lowest BCUT2D eigenvalue weighted by atomic mass is 9.83. The molecule has 0 aliphatic carbocycles. The summed E-state index contributed by atoms with van der Waals surface area (Å²) in [4.78, 5) is 39.2. The van der Waals surface area contributed by atoms with Crippen LogP contribution in [-0.2, 0) is 16.0 Å². The zero-order valence-corrected chi connectivity index (χ0v) is 26.3. The molecule has 0 radical (unpaired) electrons. The number of carbonyl (C=O) groups excluding carboxylic acids is 1. The average molecular weight is 599 g/mol. The summed E-state index contributed by atoms with van der Waals surface area (Å²) in [5.74, 6) is -0.330. The Bertz CT molecular complexity index is 1220. The van der Waals surface area contributed by atoms with Crippen molar-refractivity contribution in [3.8, 4) is 17.2 Å². The van der Waals surface area contributed by atoms with Gasteiger partial charge in [0.2, 0.25) is 18.4 Å². The third kappa shape index (κ3) is 8.57. The topological polar surface area (TPSA) is 114 Å². The second-order valence-corrected chi connectivity index (χ2v) is 12.6. The molecule has 1 fully saturated rings. The quantitative estimate of drug-likeness (QED) is 0.229. The molecule has 2 aliphatic rings. The van der Waals surface area contributed by atoms with Gasteiger partial charge in [-0.2, -0.15) is 0 Å². The van der Waals surface area contributed by atoms with Crippen LogP contribution in [0.2, 0.25) is 0 Å². The Hall–Kier alpha value is -3.44. The molecule has 1 unspecified atom stereocenters. The summed E-state index contributed by atoms with van der Waals surface area (Å²) in [6.07, 6.45) is 8.27. The van der Waals surface area contributed by atoms with Crippen LogP contribution in [0.15, 0.2) is 30.7 Å². The number of amides is 1. The molecular formula is C32H48N5O6+. The molecule has 1 amide bonds. The predicted molar refractivity (Wildman–Crippen MR) is 162 cm³/mol. The molecule has 11 nitrogen and oxygen atoms in total. The van der Waals surface area contributed by atoms with Crippen molar-refractivity contribution in [2.45, 2.75) is 57.4 Å². The van der Waals surface area contributed by atoms with E-state index < -0.39 is 11.9 Å². The molecule has 236 valence electrons. The van der Waals surface area contributed by atoms with E-state index in [1.54, 1.807) is 13.3 Å². The number of carboxylic acids is 1. The molecule has 4 rings (SSSR count). The molecule has 0 saturated carbocycles. The maximum atomic E-state index is 13.8. The predicted octanol–water partition coefficient (Wildman–Crippen LogP) is 3.43. The number of aryl methyl sites for hydroxylation is 1. The van der Waals surface area contributed by atoms with Crippen molar-refractivity contribution in [2.24, 2.45) is 5.92 Å². The van der Waals surface area contributed by atoms with Crippen molar-refractivity contribution < 1.29 is 33.4 Å². The number of likely N-dealkylation sites (tertiary alicyclic amines) is 1. The molecule has 3 atom stereocenters. The molecule has 11 heteroatoms. The number of fused-ring (bicyclic) bond motifs is 1. The lowest BCUT2D eigenvalue weighted by molar-refractivity contribution is -0.870. The molecule has 1 aromatic carbocycles. The first-order chi connectivity index (χ1) is 20.6. The first-order valence-corrected chi connectivity index (χ1v) is 15.4. The molecule has 1 aromatic heterocycles. The Kier molecular flexibility index (Phi) is 11.2. The lowest BCUT2D eigenvalue weighted by Crippen LogP contribution is -2.45. The van der Waals surface area contributed by atoms with Crippen molar-refractivity contribution in [1.82, 2.24) is 19.8 Å². The molecule has 0 bridgehead atoms. The maximum Gasteiger partial charge on any atom is 0.308 e. The minimum atomic E-state index is -0.882. The molecule has 43 heavy (non-hydrogen) atoms. The highest BCUT2D eigenvalue weighted by molar-refractivity contribution is 5.79. The van der Waals surface area contributed by atoms with Crippen LogP contribution >= 0.6 is 0 Å². The van der Waals surface area contributed by atoms with Gasteiger partial charge in [-0.3, -0.25) is 14.5 Å². The number of rotatable bonds is 16. The van der Waals surface area contributed by atoms with E-state index in [1.165, 1.54) is 6.33 Å². The van der Waals surface area contributed by atoms with Crippen LogP contribution in [0.4, 0.5) is 0 Å². The van der Waals surface area contributed by atoms with Gasteiger partial charge in [0.25, 0.3) is 0 Å². The van der Waals surface area contributed by atoms with Crippen molar-refractivity contribution >= 4 is 11.9 Å². The number of carboxylic acid groups (broad SMARTS) is 1. The Morgan fingerprint density at radius 2 is 1.95 bits per heavy atom. The van der Waals surface area contributed by atoms with E-state index in [4.69, 9.17) is 14.2 Å². The monoisotopic (exact) mass is 598 g/mol. The van der Waals surface area contributed by atoms with E-state index in [1.807, 2.05) is 23.1 Å². The van der Waals surface area contributed by atoms with Crippen LogP contribution in [0, 0.1) is 5.92 Å². The number of benzene rings is 1. The molecule has 2 aliphatic heterocycles. The molecule has 0 spiro atoms. The van der Waals surface area contributed by atoms with Crippen molar-refractivity contribution in [3.05, 3.63) is 42.0 Å². The van der Waals surface area contributed by atoms with Gasteiger partial charge in [0.05, 0.1) is 47.3 Å². The third-order valence-electron chi connectivity index (χ3n) is 8.46. The standard InChI is InChI=1S/C32H47N5O6/c1-6-7-14-35(15-8-9-16-37(2,3)4)29(38)20-36-19-25(23-17-27(41-5)31-28(18-23)42-22-43-31)30(32(39)40)26(36)11-10-24-12-13-33-21-34-24/h12-13,17-18,21,25-26,30H,6-11,14-16,19-20,22H2,1-5H3/p+1/t25-,26+,30?/m1/s1. The van der Waals surface area contributed by atoms with Crippen LogP contribution in [0.5, 0.6) is 17.2 Å². The Morgan fingerprint density at radius 3 is 2.63 bits per heavy atom. The van der Waals surface area contributed by atoms with Gasteiger partial charge < -0.3 is 28.7 Å². The van der Waals surface area contributed by atoms with Gasteiger partial charge in [-0.15, -0.1) is 0 Å². The van der Waals surface area contributed by atoms with E-state index in [0.717, 1.165) is 48.0 Å². The third-order valence-corrected chi connectivity index (χ3v) is 8.46. The van der Waals surface area contributed by atoms with Crippen LogP contribution in [-0.4, -0.2) is 115 Å². The normalized spacial score (nSPS) is 19.9. The van der Waals surface area contributed by atoms with Gasteiger partial charge in [0.1, 0.15) is 6.33 Å². The molecular weight excluding hydrogens is 550 g/mol. The minimum Gasteiger partial charge on any atom is -0.493 e. The molecule has 1 saturated heterocycles. The summed E-state index contributed by atoms with van der Waals surface area (Å²) in [5, 5.41) is 10.6. The number of ether oxygens (including phenoxy) is 3. The summed E-state index contributed by atoms with van der Waals surface area (Å²) >= 11 is 0. The molecule has 1 N–H and O–H groups in total. The first kappa shape index (κ1) is 32.5. The summed E-state index contributed by atoms with van der Waals surface area (Å²) in [6, 6.07) is 5.20. The number of methoxy groups -OCH3 is 1. The minimum absolute atomic E-state index is 0.0544. The highest BCUT2D eigenvalue weighted by Crippen LogP contribution is 2.47. The number of quaternary nitrogens is 1. The highest BCUT2D eigenvalue weighted by atomic mass is 16.7. The van der Waals surface area contributed by atoms with Gasteiger partial charge in [-0.25, -0.2) is 9.97 Å².